The fraction of sp³-hybridized carbons (Fsp3) is 0.400. The third-order valence-electron chi connectivity index (χ3n) is 4.60. The molecule has 1 aliphatic heterocycles. The second-order valence-corrected chi connectivity index (χ2v) is 10.0. The number of aryl methyl sites for hydroxylation is 1. The Morgan fingerprint density at radius 3 is 2.32 bits per heavy atom. The molecule has 0 saturated carbocycles. The zero-order chi connectivity index (χ0) is 20.1. The first kappa shape index (κ1) is 20.7. The molecule has 2 aromatic rings. The fourth-order valence-corrected chi connectivity index (χ4v) is 5.36. The SMILES string of the molecule is Cc1ccc(C(=O)COC(=O)Cc2ccc(S(=O)(=O)N3CCCCC3)cc2)s1. The molecule has 0 bridgehead atoms. The third kappa shape index (κ3) is 5.06. The largest absolute Gasteiger partial charge is 0.457 e. The molecule has 1 fully saturated rings. The lowest BCUT2D eigenvalue weighted by atomic mass is 10.1. The number of sulfonamides is 1. The van der Waals surface area contributed by atoms with E-state index in [4.69, 9.17) is 4.74 Å². The van der Waals surface area contributed by atoms with Gasteiger partial charge in [0, 0.05) is 18.0 Å². The first-order valence-electron chi connectivity index (χ1n) is 9.20. The fourth-order valence-electron chi connectivity index (χ4n) is 3.05. The van der Waals surface area contributed by atoms with E-state index in [1.807, 2.05) is 13.0 Å². The standard InChI is InChI=1S/C20H23NO5S2/c1-15-5-10-19(27-15)18(22)14-26-20(23)13-16-6-8-17(9-7-16)28(24,25)21-11-3-2-4-12-21/h5-10H,2-4,11-14H2,1H3. The summed E-state index contributed by atoms with van der Waals surface area (Å²) in [6, 6.07) is 9.83. The summed E-state index contributed by atoms with van der Waals surface area (Å²) in [7, 11) is -3.48. The highest BCUT2D eigenvalue weighted by Crippen LogP contribution is 2.21. The maximum absolute atomic E-state index is 12.6. The number of piperidine rings is 1. The Labute approximate surface area is 169 Å². The number of Topliss-reactive ketones (excluding diaryl/α,β-unsaturated/α-hetero) is 1. The molecule has 0 radical (unpaired) electrons. The van der Waals surface area contributed by atoms with Crippen molar-refractivity contribution >= 4 is 33.1 Å². The van der Waals surface area contributed by atoms with Crippen LogP contribution in [0.3, 0.4) is 0 Å². The smallest absolute Gasteiger partial charge is 0.310 e. The monoisotopic (exact) mass is 421 g/mol. The Hall–Kier alpha value is -2.03. The van der Waals surface area contributed by atoms with Gasteiger partial charge in [-0.05, 0) is 49.6 Å². The van der Waals surface area contributed by atoms with Gasteiger partial charge in [-0.1, -0.05) is 18.6 Å². The lowest BCUT2D eigenvalue weighted by molar-refractivity contribution is -0.141. The van der Waals surface area contributed by atoms with Crippen LogP contribution in [0.2, 0.25) is 0 Å². The van der Waals surface area contributed by atoms with Crippen LogP contribution in [-0.4, -0.2) is 44.2 Å². The molecule has 1 aliphatic rings. The molecule has 0 spiro atoms. The van der Waals surface area contributed by atoms with Crippen LogP contribution in [0.15, 0.2) is 41.3 Å². The molecule has 0 amide bonds. The number of esters is 1. The lowest BCUT2D eigenvalue weighted by Gasteiger charge is -2.25. The molecular formula is C20H23NO5S2. The number of hydrogen-bond acceptors (Lipinski definition) is 6. The molecule has 1 saturated heterocycles. The van der Waals surface area contributed by atoms with Gasteiger partial charge in [0.2, 0.25) is 15.8 Å². The molecule has 6 nitrogen and oxygen atoms in total. The number of rotatable bonds is 7. The van der Waals surface area contributed by atoms with Gasteiger partial charge in [0.15, 0.2) is 6.61 Å². The minimum atomic E-state index is -3.48. The van der Waals surface area contributed by atoms with Crippen LogP contribution in [-0.2, 0) is 26.0 Å². The van der Waals surface area contributed by atoms with Gasteiger partial charge in [-0.2, -0.15) is 4.31 Å². The van der Waals surface area contributed by atoms with Crippen molar-refractivity contribution < 1.29 is 22.7 Å². The number of hydrogen-bond donors (Lipinski definition) is 0. The topological polar surface area (TPSA) is 80.8 Å². The third-order valence-corrected chi connectivity index (χ3v) is 7.56. The van der Waals surface area contributed by atoms with E-state index in [2.05, 4.69) is 0 Å². The molecule has 0 N–H and O–H groups in total. The maximum Gasteiger partial charge on any atom is 0.310 e. The van der Waals surface area contributed by atoms with E-state index in [0.717, 1.165) is 24.1 Å². The molecule has 1 aromatic carbocycles. The molecule has 1 aromatic heterocycles. The number of thiophene rings is 1. The number of ketones is 1. The molecule has 2 heterocycles. The highest BCUT2D eigenvalue weighted by molar-refractivity contribution is 7.89. The van der Waals surface area contributed by atoms with Crippen molar-refractivity contribution in [3.63, 3.8) is 0 Å². The van der Waals surface area contributed by atoms with Crippen molar-refractivity contribution in [2.75, 3.05) is 19.7 Å². The Morgan fingerprint density at radius 1 is 1.04 bits per heavy atom. The Kier molecular flexibility index (Phi) is 6.64. The lowest BCUT2D eigenvalue weighted by Crippen LogP contribution is -2.35. The maximum atomic E-state index is 12.6. The summed E-state index contributed by atoms with van der Waals surface area (Å²) >= 11 is 1.37. The predicted octanol–water partition coefficient (Wildman–Crippen LogP) is 3.20. The zero-order valence-corrected chi connectivity index (χ0v) is 17.4. The van der Waals surface area contributed by atoms with Crippen LogP contribution >= 0.6 is 11.3 Å². The van der Waals surface area contributed by atoms with Gasteiger partial charge in [-0.3, -0.25) is 9.59 Å². The van der Waals surface area contributed by atoms with E-state index in [0.29, 0.717) is 23.5 Å². The summed E-state index contributed by atoms with van der Waals surface area (Å²) in [5.74, 6) is -0.748. The van der Waals surface area contributed by atoms with Crippen molar-refractivity contribution in [2.45, 2.75) is 37.5 Å². The first-order chi connectivity index (χ1) is 13.4. The van der Waals surface area contributed by atoms with E-state index in [1.54, 1.807) is 18.2 Å². The molecule has 150 valence electrons. The molecule has 8 heteroatoms. The Balaban J connectivity index is 1.55. The van der Waals surface area contributed by atoms with E-state index < -0.39 is 16.0 Å². The molecule has 3 rings (SSSR count). The number of ether oxygens (including phenoxy) is 1. The number of carbonyl (C=O) groups excluding carboxylic acids is 2. The second-order valence-electron chi connectivity index (χ2n) is 6.78. The summed E-state index contributed by atoms with van der Waals surface area (Å²) in [4.78, 5) is 25.8. The minimum absolute atomic E-state index is 0.0131. The zero-order valence-electron chi connectivity index (χ0n) is 15.7. The van der Waals surface area contributed by atoms with Gasteiger partial charge < -0.3 is 4.74 Å². The quantitative estimate of drug-likeness (QED) is 0.507. The number of benzene rings is 1. The van der Waals surface area contributed by atoms with Gasteiger partial charge in [0.05, 0.1) is 16.2 Å². The summed E-state index contributed by atoms with van der Waals surface area (Å²) < 4.78 is 31.8. The summed E-state index contributed by atoms with van der Waals surface area (Å²) in [5.41, 5.74) is 0.641. The van der Waals surface area contributed by atoms with Crippen LogP contribution in [0, 0.1) is 6.92 Å². The van der Waals surface area contributed by atoms with Crippen molar-refractivity contribution in [3.05, 3.63) is 51.7 Å². The van der Waals surface area contributed by atoms with Crippen LogP contribution in [0.1, 0.15) is 39.4 Å². The van der Waals surface area contributed by atoms with Gasteiger partial charge in [0.1, 0.15) is 0 Å². The van der Waals surface area contributed by atoms with E-state index in [1.165, 1.54) is 27.8 Å². The first-order valence-corrected chi connectivity index (χ1v) is 11.5. The van der Waals surface area contributed by atoms with Crippen molar-refractivity contribution in [2.24, 2.45) is 0 Å². The second kappa shape index (κ2) is 8.98. The van der Waals surface area contributed by atoms with Crippen LogP contribution in [0.5, 0.6) is 0 Å². The van der Waals surface area contributed by atoms with Crippen LogP contribution < -0.4 is 0 Å². The van der Waals surface area contributed by atoms with Gasteiger partial charge in [-0.15, -0.1) is 11.3 Å². The minimum Gasteiger partial charge on any atom is -0.457 e. The van der Waals surface area contributed by atoms with Gasteiger partial charge in [0.25, 0.3) is 0 Å². The average Bonchev–Trinajstić information content (AvgIpc) is 3.14. The van der Waals surface area contributed by atoms with Crippen molar-refractivity contribution in [1.29, 1.82) is 0 Å². The van der Waals surface area contributed by atoms with E-state index in [-0.39, 0.29) is 23.7 Å². The van der Waals surface area contributed by atoms with Crippen molar-refractivity contribution in [3.8, 4) is 0 Å². The number of carbonyl (C=O) groups is 2. The Morgan fingerprint density at radius 2 is 1.71 bits per heavy atom. The van der Waals surface area contributed by atoms with Gasteiger partial charge >= 0.3 is 5.97 Å². The highest BCUT2D eigenvalue weighted by Gasteiger charge is 2.25. The van der Waals surface area contributed by atoms with Crippen LogP contribution in [0.25, 0.3) is 0 Å². The predicted molar refractivity (Wildman–Crippen MR) is 107 cm³/mol. The highest BCUT2D eigenvalue weighted by atomic mass is 32.2. The molecule has 0 unspecified atom stereocenters. The average molecular weight is 422 g/mol. The molecule has 0 atom stereocenters. The summed E-state index contributed by atoms with van der Waals surface area (Å²) in [6.45, 7) is 2.71. The van der Waals surface area contributed by atoms with Crippen LogP contribution in [0.4, 0.5) is 0 Å². The van der Waals surface area contributed by atoms with E-state index in [9.17, 15) is 18.0 Å². The normalized spacial score (nSPS) is 15.3. The summed E-state index contributed by atoms with van der Waals surface area (Å²) in [5, 5.41) is 0. The Bertz CT molecular complexity index is 941. The van der Waals surface area contributed by atoms with Crippen molar-refractivity contribution in [1.82, 2.24) is 4.31 Å². The van der Waals surface area contributed by atoms with Gasteiger partial charge in [-0.25, -0.2) is 8.42 Å². The molecule has 0 aliphatic carbocycles. The summed E-state index contributed by atoms with van der Waals surface area (Å²) in [6.07, 6.45) is 2.81. The molecule has 28 heavy (non-hydrogen) atoms. The number of nitrogens with zero attached hydrogens (tertiary/aromatic N) is 1. The molecular weight excluding hydrogens is 398 g/mol. The van der Waals surface area contributed by atoms with E-state index >= 15 is 0 Å².